The molecular weight excluding hydrogens is 581 g/mol. The van der Waals surface area contributed by atoms with E-state index < -0.39 is 28.5 Å². The zero-order valence-corrected chi connectivity index (χ0v) is 26.2. The van der Waals surface area contributed by atoms with Gasteiger partial charge in [0.1, 0.15) is 12.6 Å². The van der Waals surface area contributed by atoms with E-state index in [0.717, 1.165) is 33.8 Å². The first kappa shape index (κ1) is 32.4. The molecule has 3 rings (SSSR count). The van der Waals surface area contributed by atoms with Gasteiger partial charge >= 0.3 is 0 Å². The van der Waals surface area contributed by atoms with Gasteiger partial charge in [-0.05, 0) is 68.1 Å². The number of carbonyl (C=O) groups excluding carboxylic acids is 2. The second kappa shape index (κ2) is 14.7. The van der Waals surface area contributed by atoms with Crippen LogP contribution >= 0.6 is 23.2 Å². The molecular formula is C31H37Cl2N3O4S. The number of hydrogen-bond donors (Lipinski definition) is 1. The summed E-state index contributed by atoms with van der Waals surface area (Å²) in [6, 6.07) is 17.6. The largest absolute Gasteiger partial charge is 0.354 e. The van der Waals surface area contributed by atoms with Crippen LogP contribution in [0.25, 0.3) is 0 Å². The molecule has 10 heteroatoms. The highest BCUT2D eigenvalue weighted by atomic mass is 35.5. The van der Waals surface area contributed by atoms with Crippen LogP contribution in [0.4, 0.5) is 5.69 Å². The predicted octanol–water partition coefficient (Wildman–Crippen LogP) is 6.53. The molecule has 0 fully saturated rings. The van der Waals surface area contributed by atoms with Gasteiger partial charge in [0, 0.05) is 18.1 Å². The molecule has 0 aliphatic rings. The number of carbonyl (C=O) groups is 2. The molecule has 0 heterocycles. The Kier molecular flexibility index (Phi) is 11.6. The van der Waals surface area contributed by atoms with Crippen molar-refractivity contribution in [1.29, 1.82) is 0 Å². The van der Waals surface area contributed by atoms with Gasteiger partial charge < -0.3 is 10.2 Å². The Balaban J connectivity index is 2.09. The Morgan fingerprint density at radius 1 is 0.951 bits per heavy atom. The second-order valence-corrected chi connectivity index (χ2v) is 12.6. The van der Waals surface area contributed by atoms with Crippen LogP contribution in [-0.4, -0.2) is 44.3 Å². The van der Waals surface area contributed by atoms with E-state index in [-0.39, 0.29) is 33.1 Å². The van der Waals surface area contributed by atoms with E-state index in [1.54, 1.807) is 18.2 Å². The van der Waals surface area contributed by atoms with Gasteiger partial charge in [0.2, 0.25) is 11.8 Å². The summed E-state index contributed by atoms with van der Waals surface area (Å²) in [6.45, 7) is 7.68. The van der Waals surface area contributed by atoms with Crippen molar-refractivity contribution in [3.8, 4) is 0 Å². The molecule has 0 spiro atoms. The third-order valence-electron chi connectivity index (χ3n) is 6.88. The summed E-state index contributed by atoms with van der Waals surface area (Å²) in [6.07, 6.45) is 2.07. The maximum Gasteiger partial charge on any atom is 0.264 e. The lowest BCUT2D eigenvalue weighted by molar-refractivity contribution is -0.140. The second-order valence-electron chi connectivity index (χ2n) is 9.94. The van der Waals surface area contributed by atoms with E-state index in [1.165, 1.54) is 29.2 Å². The molecule has 0 aromatic heterocycles. The zero-order chi connectivity index (χ0) is 30.2. The van der Waals surface area contributed by atoms with Crippen molar-refractivity contribution in [3.63, 3.8) is 0 Å². The molecule has 0 aliphatic carbocycles. The monoisotopic (exact) mass is 617 g/mol. The molecule has 0 radical (unpaired) electrons. The Morgan fingerprint density at radius 2 is 1.63 bits per heavy atom. The number of nitrogens with one attached hydrogen (secondary N) is 1. The third-order valence-corrected chi connectivity index (χ3v) is 9.21. The smallest absolute Gasteiger partial charge is 0.264 e. The fraction of sp³-hybridized carbons (Fsp3) is 0.355. The molecule has 0 saturated carbocycles. The van der Waals surface area contributed by atoms with Gasteiger partial charge in [-0.15, -0.1) is 0 Å². The molecule has 0 saturated heterocycles. The van der Waals surface area contributed by atoms with Crippen molar-refractivity contribution in [3.05, 3.63) is 93.5 Å². The maximum absolute atomic E-state index is 14.2. The molecule has 41 heavy (non-hydrogen) atoms. The number of rotatable bonds is 13. The van der Waals surface area contributed by atoms with Crippen molar-refractivity contribution in [2.75, 3.05) is 17.4 Å². The summed E-state index contributed by atoms with van der Waals surface area (Å²) in [7, 11) is -4.25. The Labute approximate surface area is 253 Å². The molecule has 220 valence electrons. The van der Waals surface area contributed by atoms with Gasteiger partial charge in [-0.2, -0.15) is 0 Å². The van der Waals surface area contributed by atoms with Crippen molar-refractivity contribution >= 4 is 50.7 Å². The molecule has 1 N–H and O–H groups in total. The van der Waals surface area contributed by atoms with E-state index in [4.69, 9.17) is 23.2 Å². The van der Waals surface area contributed by atoms with Crippen molar-refractivity contribution < 1.29 is 18.0 Å². The zero-order valence-electron chi connectivity index (χ0n) is 23.9. The first-order valence-corrected chi connectivity index (χ1v) is 15.8. The molecule has 7 nitrogen and oxygen atoms in total. The summed E-state index contributed by atoms with van der Waals surface area (Å²) in [4.78, 5) is 28.9. The minimum absolute atomic E-state index is 0.00162. The SMILES string of the molecule is CCCCNC(=O)[C@H](CC)N(Cc1ccccc1C)C(=O)CN(c1cc(Cl)ccc1Cl)S(=O)(=O)c1ccc(C)cc1. The number of hydrogen-bond acceptors (Lipinski definition) is 4. The quantitative estimate of drug-likeness (QED) is 0.221. The molecule has 0 bridgehead atoms. The van der Waals surface area contributed by atoms with Gasteiger partial charge in [-0.25, -0.2) is 8.42 Å². The van der Waals surface area contributed by atoms with Crippen molar-refractivity contribution in [2.45, 2.75) is 64.4 Å². The lowest BCUT2D eigenvalue weighted by atomic mass is 10.1. The van der Waals surface area contributed by atoms with E-state index in [2.05, 4.69) is 5.32 Å². The van der Waals surface area contributed by atoms with Crippen LogP contribution in [0.3, 0.4) is 0 Å². The molecule has 1 atom stereocenters. The van der Waals surface area contributed by atoms with Gasteiger partial charge in [-0.3, -0.25) is 13.9 Å². The van der Waals surface area contributed by atoms with E-state index in [1.807, 2.05) is 52.0 Å². The van der Waals surface area contributed by atoms with Gasteiger partial charge in [-0.1, -0.05) is 85.4 Å². The normalized spacial score (nSPS) is 12.0. The lowest BCUT2D eigenvalue weighted by Crippen LogP contribution is -2.52. The number of benzene rings is 3. The summed E-state index contributed by atoms with van der Waals surface area (Å²) in [5, 5.41) is 3.31. The lowest BCUT2D eigenvalue weighted by Gasteiger charge is -2.33. The number of amides is 2. The molecule has 3 aromatic carbocycles. The maximum atomic E-state index is 14.2. The van der Waals surface area contributed by atoms with Crippen LogP contribution in [-0.2, 0) is 26.2 Å². The average Bonchev–Trinajstić information content (AvgIpc) is 2.94. The fourth-order valence-corrected chi connectivity index (χ4v) is 6.29. The molecule has 0 aliphatic heterocycles. The predicted molar refractivity (Wildman–Crippen MR) is 166 cm³/mol. The van der Waals surface area contributed by atoms with E-state index in [9.17, 15) is 18.0 Å². The topological polar surface area (TPSA) is 86.8 Å². The highest BCUT2D eigenvalue weighted by molar-refractivity contribution is 7.92. The standard InChI is InChI=1S/C31H37Cl2N3O4S/c1-5-7-18-34-31(38)28(6-2)35(20-24-11-9-8-10-23(24)4)30(37)21-36(29-19-25(32)14-17-27(29)33)41(39,40)26-15-12-22(3)13-16-26/h8-17,19,28H,5-7,18,20-21H2,1-4H3,(H,34,38)/t28-/m0/s1. The van der Waals surface area contributed by atoms with Crippen LogP contribution in [0.1, 0.15) is 49.8 Å². The number of halogens is 2. The van der Waals surface area contributed by atoms with Crippen LogP contribution in [0, 0.1) is 13.8 Å². The van der Waals surface area contributed by atoms with Gasteiger partial charge in [0.05, 0.1) is 15.6 Å². The minimum Gasteiger partial charge on any atom is -0.354 e. The first-order valence-electron chi connectivity index (χ1n) is 13.7. The van der Waals surface area contributed by atoms with E-state index >= 15 is 0 Å². The number of nitrogens with zero attached hydrogens (tertiary/aromatic N) is 2. The highest BCUT2D eigenvalue weighted by Crippen LogP contribution is 2.33. The Morgan fingerprint density at radius 3 is 2.27 bits per heavy atom. The summed E-state index contributed by atoms with van der Waals surface area (Å²) in [5.41, 5.74) is 2.77. The first-order chi connectivity index (χ1) is 19.5. The molecule has 3 aromatic rings. The molecule has 0 unspecified atom stereocenters. The summed E-state index contributed by atoms with van der Waals surface area (Å²) < 4.78 is 29.0. The van der Waals surface area contributed by atoms with Crippen molar-refractivity contribution in [1.82, 2.24) is 10.2 Å². The van der Waals surface area contributed by atoms with Gasteiger partial charge in [0.25, 0.3) is 10.0 Å². The van der Waals surface area contributed by atoms with Crippen molar-refractivity contribution in [2.24, 2.45) is 0 Å². The highest BCUT2D eigenvalue weighted by Gasteiger charge is 2.34. The van der Waals surface area contributed by atoms with Crippen LogP contribution < -0.4 is 9.62 Å². The fourth-order valence-electron chi connectivity index (χ4n) is 4.42. The Bertz CT molecular complexity index is 1460. The Hall–Kier alpha value is -3.07. The van der Waals surface area contributed by atoms with Crippen LogP contribution in [0.5, 0.6) is 0 Å². The third kappa shape index (κ3) is 8.24. The number of aryl methyl sites for hydroxylation is 2. The molecule has 2 amide bonds. The number of anilines is 1. The summed E-state index contributed by atoms with van der Waals surface area (Å²) >= 11 is 12.7. The van der Waals surface area contributed by atoms with Crippen LogP contribution in [0.15, 0.2) is 71.6 Å². The average molecular weight is 619 g/mol. The summed E-state index contributed by atoms with van der Waals surface area (Å²) in [5.74, 6) is -0.825. The minimum atomic E-state index is -4.25. The van der Waals surface area contributed by atoms with Gasteiger partial charge in [0.15, 0.2) is 0 Å². The number of unbranched alkanes of at least 4 members (excludes halogenated alkanes) is 1. The number of sulfonamides is 1. The van der Waals surface area contributed by atoms with Crippen LogP contribution in [0.2, 0.25) is 10.0 Å². The van der Waals surface area contributed by atoms with E-state index in [0.29, 0.717) is 13.0 Å².